The quantitative estimate of drug-likeness (QED) is 0.781. The second-order valence-electron chi connectivity index (χ2n) is 4.65. The Kier molecular flexibility index (Phi) is 4.08. The molecule has 0 N–H and O–H groups in total. The Labute approximate surface area is 132 Å². The standard InChI is InChI=1S/C16H13ClO3S/c1-10(18)20-14-9-19-16-13(14)7-11(17)8-15(16)21-12-5-3-2-4-6-12/h2-8,14H,9H2,1H3. The molecule has 0 spiro atoms. The average Bonchev–Trinajstić information content (AvgIpc) is 2.82. The molecule has 2 aromatic rings. The van der Waals surface area contributed by atoms with E-state index >= 15 is 0 Å². The molecule has 1 aliphatic rings. The van der Waals surface area contributed by atoms with Crippen molar-refractivity contribution in [2.75, 3.05) is 6.61 Å². The highest BCUT2D eigenvalue weighted by Gasteiger charge is 2.29. The van der Waals surface area contributed by atoms with Crippen LogP contribution in [0.5, 0.6) is 5.75 Å². The molecule has 0 aromatic heterocycles. The van der Waals surface area contributed by atoms with E-state index in [2.05, 4.69) is 0 Å². The van der Waals surface area contributed by atoms with Crippen LogP contribution in [0.2, 0.25) is 5.02 Å². The van der Waals surface area contributed by atoms with Crippen LogP contribution in [0.25, 0.3) is 0 Å². The third kappa shape index (κ3) is 3.17. The summed E-state index contributed by atoms with van der Waals surface area (Å²) in [6.45, 7) is 1.72. The second kappa shape index (κ2) is 6.00. The third-order valence-corrected chi connectivity index (χ3v) is 4.30. The Bertz CT molecular complexity index is 673. The van der Waals surface area contributed by atoms with Gasteiger partial charge in [-0.15, -0.1) is 0 Å². The molecule has 0 radical (unpaired) electrons. The van der Waals surface area contributed by atoms with Crippen molar-refractivity contribution in [1.82, 2.24) is 0 Å². The van der Waals surface area contributed by atoms with Gasteiger partial charge in [-0.1, -0.05) is 41.6 Å². The number of hydrogen-bond acceptors (Lipinski definition) is 4. The lowest BCUT2D eigenvalue weighted by molar-refractivity contribution is -0.147. The van der Waals surface area contributed by atoms with Gasteiger partial charge in [0.25, 0.3) is 0 Å². The van der Waals surface area contributed by atoms with E-state index in [0.717, 1.165) is 21.1 Å². The fourth-order valence-electron chi connectivity index (χ4n) is 2.22. The number of hydrogen-bond donors (Lipinski definition) is 0. The average molecular weight is 321 g/mol. The molecule has 3 nitrogen and oxygen atoms in total. The molecule has 0 saturated heterocycles. The van der Waals surface area contributed by atoms with Crippen LogP contribution in [0.15, 0.2) is 52.3 Å². The maximum atomic E-state index is 11.2. The Hall–Kier alpha value is -1.65. The molecule has 1 aliphatic heterocycles. The van der Waals surface area contributed by atoms with E-state index in [0.29, 0.717) is 11.6 Å². The van der Waals surface area contributed by atoms with Crippen molar-refractivity contribution in [2.45, 2.75) is 22.8 Å². The van der Waals surface area contributed by atoms with Gasteiger partial charge < -0.3 is 9.47 Å². The number of halogens is 1. The lowest BCUT2D eigenvalue weighted by Gasteiger charge is -2.10. The maximum absolute atomic E-state index is 11.2. The number of benzene rings is 2. The molecule has 1 heterocycles. The first-order chi connectivity index (χ1) is 10.1. The van der Waals surface area contributed by atoms with Crippen molar-refractivity contribution < 1.29 is 14.3 Å². The highest BCUT2D eigenvalue weighted by atomic mass is 35.5. The van der Waals surface area contributed by atoms with E-state index in [1.807, 2.05) is 36.4 Å². The summed E-state index contributed by atoms with van der Waals surface area (Å²) in [7, 11) is 0. The largest absolute Gasteiger partial charge is 0.488 e. The number of carbonyl (C=O) groups excluding carboxylic acids is 1. The van der Waals surface area contributed by atoms with Gasteiger partial charge in [0.15, 0.2) is 6.10 Å². The summed E-state index contributed by atoms with van der Waals surface area (Å²) in [5.74, 6) is 0.424. The van der Waals surface area contributed by atoms with E-state index in [1.165, 1.54) is 6.92 Å². The lowest BCUT2D eigenvalue weighted by atomic mass is 10.1. The molecule has 0 fully saturated rings. The van der Waals surface area contributed by atoms with Crippen LogP contribution in [0.1, 0.15) is 18.6 Å². The molecule has 3 rings (SSSR count). The molecule has 0 aliphatic carbocycles. The maximum Gasteiger partial charge on any atom is 0.303 e. The summed E-state index contributed by atoms with van der Waals surface area (Å²) in [5, 5.41) is 0.606. The monoisotopic (exact) mass is 320 g/mol. The van der Waals surface area contributed by atoms with E-state index in [4.69, 9.17) is 21.1 Å². The van der Waals surface area contributed by atoms with Gasteiger partial charge in [-0.05, 0) is 24.3 Å². The van der Waals surface area contributed by atoms with Crippen LogP contribution in [0.3, 0.4) is 0 Å². The normalized spacial score (nSPS) is 16.2. The fraction of sp³-hybridized carbons (Fsp3) is 0.188. The highest BCUT2D eigenvalue weighted by Crippen LogP contribution is 2.45. The van der Waals surface area contributed by atoms with Crippen LogP contribution < -0.4 is 4.74 Å². The van der Waals surface area contributed by atoms with Crippen LogP contribution in [0, 0.1) is 0 Å². The molecule has 2 aromatic carbocycles. The highest BCUT2D eigenvalue weighted by molar-refractivity contribution is 7.99. The molecule has 1 unspecified atom stereocenters. The van der Waals surface area contributed by atoms with Crippen molar-refractivity contribution in [3.05, 3.63) is 53.1 Å². The molecular weight excluding hydrogens is 308 g/mol. The molecule has 0 saturated carbocycles. The van der Waals surface area contributed by atoms with Gasteiger partial charge in [0.05, 0.1) is 4.90 Å². The summed E-state index contributed by atoms with van der Waals surface area (Å²) in [5.41, 5.74) is 0.830. The van der Waals surface area contributed by atoms with E-state index in [9.17, 15) is 4.79 Å². The Morgan fingerprint density at radius 2 is 2.10 bits per heavy atom. The summed E-state index contributed by atoms with van der Waals surface area (Å²) in [6.07, 6.45) is -0.383. The molecule has 1 atom stereocenters. The third-order valence-electron chi connectivity index (χ3n) is 3.05. The lowest BCUT2D eigenvalue weighted by Crippen LogP contribution is -2.09. The van der Waals surface area contributed by atoms with Crippen molar-refractivity contribution in [2.24, 2.45) is 0 Å². The first-order valence-corrected chi connectivity index (χ1v) is 7.69. The van der Waals surface area contributed by atoms with Crippen LogP contribution in [-0.4, -0.2) is 12.6 Å². The Morgan fingerprint density at radius 1 is 1.33 bits per heavy atom. The van der Waals surface area contributed by atoms with E-state index in [-0.39, 0.29) is 12.1 Å². The topological polar surface area (TPSA) is 35.5 Å². The summed E-state index contributed by atoms with van der Waals surface area (Å²) in [6, 6.07) is 13.7. The molecule has 108 valence electrons. The van der Waals surface area contributed by atoms with Crippen LogP contribution in [-0.2, 0) is 9.53 Å². The van der Waals surface area contributed by atoms with Crippen LogP contribution in [0.4, 0.5) is 0 Å². The van der Waals surface area contributed by atoms with E-state index in [1.54, 1.807) is 17.8 Å². The number of fused-ring (bicyclic) bond motifs is 1. The minimum absolute atomic E-state index is 0.325. The first kappa shape index (κ1) is 14.3. The first-order valence-electron chi connectivity index (χ1n) is 6.50. The fourth-order valence-corrected chi connectivity index (χ4v) is 3.51. The smallest absolute Gasteiger partial charge is 0.303 e. The van der Waals surface area contributed by atoms with Gasteiger partial charge in [-0.2, -0.15) is 0 Å². The van der Waals surface area contributed by atoms with Gasteiger partial charge >= 0.3 is 5.97 Å². The zero-order chi connectivity index (χ0) is 14.8. The Morgan fingerprint density at radius 3 is 2.81 bits per heavy atom. The molecule has 5 heteroatoms. The van der Waals surface area contributed by atoms with Gasteiger partial charge in [0.2, 0.25) is 0 Å². The molecule has 0 bridgehead atoms. The molecule has 21 heavy (non-hydrogen) atoms. The van der Waals surface area contributed by atoms with Gasteiger partial charge in [-0.3, -0.25) is 4.79 Å². The molecule has 0 amide bonds. The van der Waals surface area contributed by atoms with Crippen molar-refractivity contribution >= 4 is 29.3 Å². The van der Waals surface area contributed by atoms with Crippen molar-refractivity contribution in [3.8, 4) is 5.75 Å². The van der Waals surface area contributed by atoms with Crippen LogP contribution >= 0.6 is 23.4 Å². The van der Waals surface area contributed by atoms with Gasteiger partial charge in [0.1, 0.15) is 12.4 Å². The summed E-state index contributed by atoms with van der Waals surface area (Å²) >= 11 is 7.77. The predicted octanol–water partition coefficient (Wildman–Crippen LogP) is 4.49. The number of rotatable bonds is 3. The zero-order valence-electron chi connectivity index (χ0n) is 11.3. The second-order valence-corrected chi connectivity index (χ2v) is 6.20. The van der Waals surface area contributed by atoms with Gasteiger partial charge in [0, 0.05) is 22.4 Å². The number of ether oxygens (including phenoxy) is 2. The van der Waals surface area contributed by atoms with Gasteiger partial charge in [-0.25, -0.2) is 0 Å². The predicted molar refractivity (Wildman–Crippen MR) is 82.0 cm³/mol. The minimum atomic E-state index is -0.383. The van der Waals surface area contributed by atoms with E-state index < -0.39 is 0 Å². The SMILES string of the molecule is CC(=O)OC1COc2c(Sc3ccccc3)cc(Cl)cc21. The summed E-state index contributed by atoms with van der Waals surface area (Å²) in [4.78, 5) is 13.2. The molecular formula is C16H13ClO3S. The summed E-state index contributed by atoms with van der Waals surface area (Å²) < 4.78 is 11.0. The van der Waals surface area contributed by atoms with Crippen molar-refractivity contribution in [3.63, 3.8) is 0 Å². The number of esters is 1. The zero-order valence-corrected chi connectivity index (χ0v) is 12.9. The number of carbonyl (C=O) groups is 1. The minimum Gasteiger partial charge on any atom is -0.488 e. The van der Waals surface area contributed by atoms with Crippen molar-refractivity contribution in [1.29, 1.82) is 0 Å². The Balaban J connectivity index is 1.94.